The molecule has 0 saturated carbocycles. The zero-order chi connectivity index (χ0) is 14.4. The van der Waals surface area contributed by atoms with Gasteiger partial charge in [-0.15, -0.1) is 0 Å². The van der Waals surface area contributed by atoms with Gasteiger partial charge in [-0.3, -0.25) is 4.79 Å². The van der Waals surface area contributed by atoms with E-state index in [-0.39, 0.29) is 24.1 Å². The van der Waals surface area contributed by atoms with Crippen LogP contribution in [-0.2, 0) is 0 Å². The van der Waals surface area contributed by atoms with E-state index in [9.17, 15) is 9.90 Å². The molecule has 5 heteroatoms. The van der Waals surface area contributed by atoms with Gasteiger partial charge in [0.1, 0.15) is 11.3 Å². The highest BCUT2D eigenvalue weighted by molar-refractivity contribution is 5.97. The van der Waals surface area contributed by atoms with Crippen molar-refractivity contribution in [2.75, 3.05) is 0 Å². The lowest BCUT2D eigenvalue weighted by Crippen LogP contribution is -2.55. The van der Waals surface area contributed by atoms with Gasteiger partial charge in [0.2, 0.25) is 0 Å². The second-order valence-electron chi connectivity index (χ2n) is 6.20. The number of aromatic amines is 1. The molecule has 0 aliphatic carbocycles. The van der Waals surface area contributed by atoms with E-state index in [0.29, 0.717) is 18.5 Å². The Balaban J connectivity index is 1.67. The van der Waals surface area contributed by atoms with Crippen molar-refractivity contribution in [3.05, 3.63) is 30.1 Å². The van der Waals surface area contributed by atoms with Crippen molar-refractivity contribution in [3.63, 3.8) is 0 Å². The third-order valence-corrected chi connectivity index (χ3v) is 4.81. The number of aliphatic hydroxyl groups is 1. The number of fused-ring (bicyclic) bond motifs is 3. The number of carbonyl (C=O) groups is 1. The molecular formula is C16H19N3O2. The van der Waals surface area contributed by atoms with Crippen LogP contribution in [0.2, 0.25) is 0 Å². The number of rotatable bonds is 1. The number of nitrogens with one attached hydrogen (secondary N) is 1. The third-order valence-electron chi connectivity index (χ3n) is 4.81. The first kappa shape index (κ1) is 12.8. The van der Waals surface area contributed by atoms with Crippen molar-refractivity contribution in [2.45, 2.75) is 50.3 Å². The van der Waals surface area contributed by atoms with Crippen molar-refractivity contribution in [1.29, 1.82) is 0 Å². The van der Waals surface area contributed by atoms with Crippen LogP contribution in [0.15, 0.2) is 24.4 Å². The zero-order valence-electron chi connectivity index (χ0n) is 11.8. The predicted molar refractivity (Wildman–Crippen MR) is 78.9 cm³/mol. The minimum atomic E-state index is -0.256. The lowest BCUT2D eigenvalue weighted by molar-refractivity contribution is -0.0153. The summed E-state index contributed by atoms with van der Waals surface area (Å²) in [5.41, 5.74) is 1.36. The fraction of sp³-hybridized carbons (Fsp3) is 0.500. The summed E-state index contributed by atoms with van der Waals surface area (Å²) in [6.07, 6.45) is 6.03. The minimum Gasteiger partial charge on any atom is -0.393 e. The van der Waals surface area contributed by atoms with Crippen LogP contribution < -0.4 is 0 Å². The molecule has 2 bridgehead atoms. The van der Waals surface area contributed by atoms with Crippen LogP contribution in [0.1, 0.15) is 42.6 Å². The van der Waals surface area contributed by atoms with Crippen LogP contribution in [0.3, 0.4) is 0 Å². The Kier molecular flexibility index (Phi) is 2.96. The van der Waals surface area contributed by atoms with Crippen LogP contribution in [0.25, 0.3) is 11.0 Å². The van der Waals surface area contributed by atoms with E-state index < -0.39 is 0 Å². The van der Waals surface area contributed by atoms with Gasteiger partial charge in [0, 0.05) is 23.7 Å². The molecule has 0 radical (unpaired) electrons. The Morgan fingerprint density at radius 2 is 2.10 bits per heavy atom. The summed E-state index contributed by atoms with van der Waals surface area (Å²) in [7, 11) is 0. The number of aromatic nitrogens is 2. The van der Waals surface area contributed by atoms with Crippen LogP contribution in [0, 0.1) is 0 Å². The smallest absolute Gasteiger partial charge is 0.270 e. The molecule has 110 valence electrons. The highest BCUT2D eigenvalue weighted by Gasteiger charge is 2.40. The molecule has 2 aliphatic heterocycles. The number of hydrogen-bond donors (Lipinski definition) is 2. The molecule has 0 aromatic carbocycles. The lowest BCUT2D eigenvalue weighted by atomic mass is 9.82. The number of amides is 1. The quantitative estimate of drug-likeness (QED) is 0.843. The molecule has 5 nitrogen and oxygen atoms in total. The van der Waals surface area contributed by atoms with Crippen molar-refractivity contribution >= 4 is 16.9 Å². The SMILES string of the molecule is O=C(c1cc2cccnc2[nH]1)N1[C@@H]2CCC[C@H]1CC(O)C2. The summed E-state index contributed by atoms with van der Waals surface area (Å²) in [6.45, 7) is 0. The van der Waals surface area contributed by atoms with Crippen molar-refractivity contribution in [3.8, 4) is 0 Å². The third kappa shape index (κ3) is 2.12. The predicted octanol–water partition coefficient (Wildman–Crippen LogP) is 2.08. The first-order chi connectivity index (χ1) is 10.2. The molecule has 2 aromatic heterocycles. The van der Waals surface area contributed by atoms with Gasteiger partial charge in [0.25, 0.3) is 5.91 Å². The number of hydrogen-bond acceptors (Lipinski definition) is 3. The Bertz CT molecular complexity index is 634. The highest BCUT2D eigenvalue weighted by atomic mass is 16.3. The normalized spacial score (nSPS) is 28.8. The van der Waals surface area contributed by atoms with Gasteiger partial charge < -0.3 is 15.0 Å². The maximum Gasteiger partial charge on any atom is 0.270 e. The fourth-order valence-corrected chi connectivity index (χ4v) is 3.90. The van der Waals surface area contributed by atoms with E-state index >= 15 is 0 Å². The number of carbonyl (C=O) groups excluding carboxylic acids is 1. The van der Waals surface area contributed by atoms with Crippen molar-refractivity contribution < 1.29 is 9.90 Å². The average Bonchev–Trinajstić information content (AvgIpc) is 2.89. The monoisotopic (exact) mass is 285 g/mol. The van der Waals surface area contributed by atoms with E-state index in [4.69, 9.17) is 0 Å². The minimum absolute atomic E-state index is 0.0506. The van der Waals surface area contributed by atoms with Gasteiger partial charge in [0.15, 0.2) is 0 Å². The van der Waals surface area contributed by atoms with Gasteiger partial charge in [-0.1, -0.05) is 0 Å². The van der Waals surface area contributed by atoms with E-state index in [1.165, 1.54) is 0 Å². The van der Waals surface area contributed by atoms with Gasteiger partial charge >= 0.3 is 0 Å². The zero-order valence-corrected chi connectivity index (χ0v) is 11.8. The van der Waals surface area contributed by atoms with E-state index in [1.807, 2.05) is 23.1 Å². The summed E-state index contributed by atoms with van der Waals surface area (Å²) < 4.78 is 0. The van der Waals surface area contributed by atoms with Gasteiger partial charge in [-0.05, 0) is 50.3 Å². The number of nitrogens with zero attached hydrogens (tertiary/aromatic N) is 2. The summed E-state index contributed by atoms with van der Waals surface area (Å²) in [5.74, 6) is 0.0506. The Labute approximate surface area is 123 Å². The second-order valence-corrected chi connectivity index (χ2v) is 6.20. The standard InChI is InChI=1S/C16H19N3O2/c20-13-8-11-4-1-5-12(9-13)19(11)16(21)14-7-10-3-2-6-17-15(10)18-14/h2-3,6-7,11-13,20H,1,4-5,8-9H2,(H,17,18)/t11-,12+,13?. The number of H-pyrrole nitrogens is 1. The molecule has 21 heavy (non-hydrogen) atoms. The first-order valence-electron chi connectivity index (χ1n) is 7.67. The van der Waals surface area contributed by atoms with Gasteiger partial charge in [-0.2, -0.15) is 0 Å². The Hall–Kier alpha value is -1.88. The molecule has 1 unspecified atom stereocenters. The van der Waals surface area contributed by atoms with Crippen molar-refractivity contribution in [2.24, 2.45) is 0 Å². The Morgan fingerprint density at radius 3 is 2.81 bits per heavy atom. The van der Waals surface area contributed by atoms with E-state index in [1.54, 1.807) is 6.20 Å². The molecular weight excluding hydrogens is 266 g/mol. The van der Waals surface area contributed by atoms with Crippen LogP contribution in [0.4, 0.5) is 0 Å². The van der Waals surface area contributed by atoms with E-state index in [0.717, 1.165) is 30.3 Å². The van der Waals surface area contributed by atoms with E-state index in [2.05, 4.69) is 9.97 Å². The maximum atomic E-state index is 12.9. The lowest BCUT2D eigenvalue weighted by Gasteiger charge is -2.47. The number of pyridine rings is 1. The molecule has 1 amide bonds. The Morgan fingerprint density at radius 1 is 1.33 bits per heavy atom. The molecule has 0 spiro atoms. The molecule has 2 aliphatic rings. The fourth-order valence-electron chi connectivity index (χ4n) is 3.90. The van der Waals surface area contributed by atoms with Crippen LogP contribution in [-0.4, -0.2) is 44.1 Å². The van der Waals surface area contributed by atoms with Gasteiger partial charge in [0.05, 0.1) is 6.10 Å². The molecule has 4 rings (SSSR count). The first-order valence-corrected chi connectivity index (χ1v) is 7.67. The van der Waals surface area contributed by atoms with Crippen molar-refractivity contribution in [1.82, 2.24) is 14.9 Å². The molecule has 2 N–H and O–H groups in total. The van der Waals surface area contributed by atoms with Gasteiger partial charge in [-0.25, -0.2) is 4.98 Å². The summed E-state index contributed by atoms with van der Waals surface area (Å²) in [4.78, 5) is 22.3. The van der Waals surface area contributed by atoms with Crippen LogP contribution >= 0.6 is 0 Å². The molecule has 2 aromatic rings. The maximum absolute atomic E-state index is 12.9. The topological polar surface area (TPSA) is 69.2 Å². The molecule has 4 heterocycles. The largest absolute Gasteiger partial charge is 0.393 e. The number of piperidine rings is 2. The number of aliphatic hydroxyl groups excluding tert-OH is 1. The molecule has 3 atom stereocenters. The summed E-state index contributed by atoms with van der Waals surface area (Å²) in [5, 5.41) is 10.9. The average molecular weight is 285 g/mol. The summed E-state index contributed by atoms with van der Waals surface area (Å²) in [6, 6.07) is 6.07. The second kappa shape index (κ2) is 4.84. The molecule has 2 fully saturated rings. The highest BCUT2D eigenvalue weighted by Crippen LogP contribution is 2.35. The van der Waals surface area contributed by atoms with Crippen LogP contribution in [0.5, 0.6) is 0 Å². The summed E-state index contributed by atoms with van der Waals surface area (Å²) >= 11 is 0. The molecule has 2 saturated heterocycles.